The van der Waals surface area contributed by atoms with E-state index in [1.165, 1.54) is 18.1 Å². The molecule has 0 radical (unpaired) electrons. The van der Waals surface area contributed by atoms with Crippen molar-refractivity contribution in [2.45, 2.75) is 16.5 Å². The lowest BCUT2D eigenvalue weighted by molar-refractivity contribution is 1.01. The van der Waals surface area contributed by atoms with Gasteiger partial charge in [-0.1, -0.05) is 29.4 Å². The SMILES string of the molecule is NCc1c(Cl)cccc1Sc1ccncn1. The summed E-state index contributed by atoms with van der Waals surface area (Å²) in [5, 5.41) is 1.58. The van der Waals surface area contributed by atoms with E-state index in [2.05, 4.69) is 9.97 Å². The third-order valence-corrected chi connectivity index (χ3v) is 3.46. The fourth-order valence-corrected chi connectivity index (χ4v) is 2.51. The minimum absolute atomic E-state index is 0.424. The molecule has 82 valence electrons. The molecule has 2 aromatic rings. The predicted molar refractivity (Wildman–Crippen MR) is 65.5 cm³/mol. The fraction of sp³-hybridized carbons (Fsp3) is 0.0909. The summed E-state index contributed by atoms with van der Waals surface area (Å²) >= 11 is 7.61. The Morgan fingerprint density at radius 3 is 2.88 bits per heavy atom. The average molecular weight is 252 g/mol. The number of hydrogen-bond acceptors (Lipinski definition) is 4. The highest BCUT2D eigenvalue weighted by molar-refractivity contribution is 7.99. The highest BCUT2D eigenvalue weighted by Gasteiger charge is 2.07. The Balaban J connectivity index is 2.31. The molecule has 2 rings (SSSR count). The van der Waals surface area contributed by atoms with Gasteiger partial charge in [0.1, 0.15) is 11.4 Å². The molecule has 0 fully saturated rings. The van der Waals surface area contributed by atoms with Gasteiger partial charge in [0.05, 0.1) is 0 Å². The second-order valence-corrected chi connectivity index (χ2v) is 4.54. The molecule has 0 saturated carbocycles. The van der Waals surface area contributed by atoms with Crippen LogP contribution in [0.1, 0.15) is 5.56 Å². The zero-order valence-corrected chi connectivity index (χ0v) is 10.0. The second-order valence-electron chi connectivity index (χ2n) is 3.07. The smallest absolute Gasteiger partial charge is 0.116 e. The molecule has 0 aliphatic carbocycles. The summed E-state index contributed by atoms with van der Waals surface area (Å²) in [6.07, 6.45) is 3.23. The third-order valence-electron chi connectivity index (χ3n) is 2.05. The van der Waals surface area contributed by atoms with Crippen LogP contribution in [0.25, 0.3) is 0 Å². The molecular formula is C11H10ClN3S. The summed E-state index contributed by atoms with van der Waals surface area (Å²) in [6, 6.07) is 7.59. The molecule has 0 bridgehead atoms. The van der Waals surface area contributed by atoms with E-state index < -0.39 is 0 Å². The molecule has 0 aliphatic heterocycles. The highest BCUT2D eigenvalue weighted by atomic mass is 35.5. The maximum atomic E-state index is 6.07. The van der Waals surface area contributed by atoms with Crippen molar-refractivity contribution in [3.8, 4) is 0 Å². The maximum Gasteiger partial charge on any atom is 0.116 e. The van der Waals surface area contributed by atoms with Gasteiger partial charge in [-0.2, -0.15) is 0 Å². The molecule has 1 aromatic heterocycles. The number of nitrogens with two attached hydrogens (primary N) is 1. The highest BCUT2D eigenvalue weighted by Crippen LogP contribution is 2.32. The van der Waals surface area contributed by atoms with Gasteiger partial charge in [-0.3, -0.25) is 0 Å². The molecule has 5 heteroatoms. The summed E-state index contributed by atoms with van der Waals surface area (Å²) in [7, 11) is 0. The zero-order valence-electron chi connectivity index (χ0n) is 8.43. The number of hydrogen-bond donors (Lipinski definition) is 1. The van der Waals surface area contributed by atoms with Crippen molar-refractivity contribution in [3.05, 3.63) is 47.4 Å². The van der Waals surface area contributed by atoms with Crippen molar-refractivity contribution in [2.24, 2.45) is 5.73 Å². The van der Waals surface area contributed by atoms with Crippen LogP contribution in [0, 0.1) is 0 Å². The lowest BCUT2D eigenvalue weighted by Crippen LogP contribution is -1.99. The van der Waals surface area contributed by atoms with E-state index in [0.717, 1.165) is 15.5 Å². The lowest BCUT2D eigenvalue weighted by atomic mass is 10.2. The van der Waals surface area contributed by atoms with E-state index in [9.17, 15) is 0 Å². The molecule has 0 saturated heterocycles. The van der Waals surface area contributed by atoms with Gasteiger partial charge in [0.15, 0.2) is 0 Å². The van der Waals surface area contributed by atoms with Gasteiger partial charge < -0.3 is 5.73 Å². The van der Waals surface area contributed by atoms with Crippen LogP contribution in [0.4, 0.5) is 0 Å². The molecule has 16 heavy (non-hydrogen) atoms. The van der Waals surface area contributed by atoms with Crippen molar-refractivity contribution in [1.29, 1.82) is 0 Å². The molecule has 0 amide bonds. The number of nitrogens with zero attached hydrogens (tertiary/aromatic N) is 2. The first-order chi connectivity index (χ1) is 7.81. The molecular weight excluding hydrogens is 242 g/mol. The zero-order chi connectivity index (χ0) is 11.4. The van der Waals surface area contributed by atoms with Crippen LogP contribution >= 0.6 is 23.4 Å². The van der Waals surface area contributed by atoms with Gasteiger partial charge in [0.2, 0.25) is 0 Å². The van der Waals surface area contributed by atoms with Gasteiger partial charge in [0.25, 0.3) is 0 Å². The van der Waals surface area contributed by atoms with Crippen molar-refractivity contribution in [1.82, 2.24) is 9.97 Å². The Kier molecular flexibility index (Phi) is 3.77. The summed E-state index contributed by atoms with van der Waals surface area (Å²) in [4.78, 5) is 9.05. The standard InChI is InChI=1S/C11H10ClN3S/c12-9-2-1-3-10(8(9)6-13)16-11-4-5-14-7-15-11/h1-5,7H,6,13H2. The van der Waals surface area contributed by atoms with Crippen LogP contribution in [-0.2, 0) is 6.54 Å². The van der Waals surface area contributed by atoms with E-state index in [1.54, 1.807) is 6.20 Å². The van der Waals surface area contributed by atoms with Crippen molar-refractivity contribution < 1.29 is 0 Å². The van der Waals surface area contributed by atoms with Crippen molar-refractivity contribution >= 4 is 23.4 Å². The summed E-state index contributed by atoms with van der Waals surface area (Å²) in [5.74, 6) is 0. The van der Waals surface area contributed by atoms with Gasteiger partial charge in [-0.25, -0.2) is 9.97 Å². The van der Waals surface area contributed by atoms with Crippen LogP contribution in [0.2, 0.25) is 5.02 Å². The number of aromatic nitrogens is 2. The van der Waals surface area contributed by atoms with Crippen LogP contribution in [0.3, 0.4) is 0 Å². The van der Waals surface area contributed by atoms with E-state index in [1.807, 2.05) is 24.3 Å². The second kappa shape index (κ2) is 5.30. The Morgan fingerprint density at radius 1 is 1.31 bits per heavy atom. The molecule has 0 spiro atoms. The molecule has 0 aliphatic rings. The van der Waals surface area contributed by atoms with Crippen molar-refractivity contribution in [2.75, 3.05) is 0 Å². The van der Waals surface area contributed by atoms with E-state index >= 15 is 0 Å². The fourth-order valence-electron chi connectivity index (χ4n) is 1.28. The van der Waals surface area contributed by atoms with E-state index in [-0.39, 0.29) is 0 Å². The predicted octanol–water partition coefficient (Wildman–Crippen LogP) is 2.74. The monoisotopic (exact) mass is 251 g/mol. The summed E-state index contributed by atoms with van der Waals surface area (Å²) in [5.41, 5.74) is 6.63. The maximum absolute atomic E-state index is 6.07. The first-order valence-electron chi connectivity index (χ1n) is 4.72. The summed E-state index contributed by atoms with van der Waals surface area (Å²) in [6.45, 7) is 0.424. The van der Waals surface area contributed by atoms with Gasteiger partial charge in [0, 0.05) is 22.7 Å². The molecule has 0 atom stereocenters. The summed E-state index contributed by atoms with van der Waals surface area (Å²) < 4.78 is 0. The van der Waals surface area contributed by atoms with E-state index in [4.69, 9.17) is 17.3 Å². The number of rotatable bonds is 3. The van der Waals surface area contributed by atoms with Crippen LogP contribution < -0.4 is 5.73 Å². The van der Waals surface area contributed by atoms with E-state index in [0.29, 0.717) is 11.6 Å². The molecule has 1 heterocycles. The van der Waals surface area contributed by atoms with Gasteiger partial charge in [-0.15, -0.1) is 0 Å². The largest absolute Gasteiger partial charge is 0.326 e. The minimum atomic E-state index is 0.424. The lowest BCUT2D eigenvalue weighted by Gasteiger charge is -2.08. The normalized spacial score (nSPS) is 10.4. The minimum Gasteiger partial charge on any atom is -0.326 e. The Bertz CT molecular complexity index is 476. The van der Waals surface area contributed by atoms with Gasteiger partial charge >= 0.3 is 0 Å². The van der Waals surface area contributed by atoms with Crippen LogP contribution in [-0.4, -0.2) is 9.97 Å². The quantitative estimate of drug-likeness (QED) is 0.853. The number of benzene rings is 1. The first-order valence-corrected chi connectivity index (χ1v) is 5.92. The Morgan fingerprint density at radius 2 is 2.19 bits per heavy atom. The van der Waals surface area contributed by atoms with Crippen LogP contribution in [0.5, 0.6) is 0 Å². The number of halogens is 1. The Labute approximate surface area is 103 Å². The van der Waals surface area contributed by atoms with Crippen molar-refractivity contribution in [3.63, 3.8) is 0 Å². The molecule has 3 nitrogen and oxygen atoms in total. The topological polar surface area (TPSA) is 51.8 Å². The molecule has 1 aromatic carbocycles. The molecule has 0 unspecified atom stereocenters. The first kappa shape index (κ1) is 11.4. The molecule has 2 N–H and O–H groups in total. The van der Waals surface area contributed by atoms with Crippen LogP contribution in [0.15, 0.2) is 46.7 Å². The third kappa shape index (κ3) is 2.52. The average Bonchev–Trinajstić information content (AvgIpc) is 2.31. The van der Waals surface area contributed by atoms with Gasteiger partial charge in [-0.05, 0) is 23.8 Å². The Hall–Kier alpha value is -1.10.